The van der Waals surface area contributed by atoms with Crippen LogP contribution in [-0.4, -0.2) is 41.7 Å². The summed E-state index contributed by atoms with van der Waals surface area (Å²) in [4.78, 5) is 27.9. The standard InChI is InChI=1S/C18H22N2O4S/c1-3-4-5-12-6-8-13(9-7-12)17-20-15(11-25-17)16(22)19-14(10-21)18(23)24-2/h6-9,11,14,21H,3-5,10H2,1-2H3,(H,19,22)/t14-/m0/s1. The number of amides is 1. The first kappa shape index (κ1) is 19.1. The Hall–Kier alpha value is -2.25. The maximum atomic E-state index is 12.2. The number of nitrogens with one attached hydrogen (secondary N) is 1. The van der Waals surface area contributed by atoms with E-state index in [1.807, 2.05) is 12.1 Å². The predicted octanol–water partition coefficient (Wildman–Crippen LogP) is 2.42. The first-order valence-corrected chi connectivity index (χ1v) is 9.01. The van der Waals surface area contributed by atoms with Crippen LogP contribution in [0.25, 0.3) is 10.6 Å². The monoisotopic (exact) mass is 362 g/mol. The van der Waals surface area contributed by atoms with Crippen LogP contribution in [0.1, 0.15) is 35.8 Å². The third kappa shape index (κ3) is 5.11. The van der Waals surface area contributed by atoms with Crippen molar-refractivity contribution in [2.45, 2.75) is 32.2 Å². The van der Waals surface area contributed by atoms with E-state index in [0.717, 1.165) is 29.8 Å². The quantitative estimate of drug-likeness (QED) is 0.704. The van der Waals surface area contributed by atoms with E-state index < -0.39 is 24.5 Å². The Bertz CT molecular complexity index is 712. The van der Waals surface area contributed by atoms with E-state index in [-0.39, 0.29) is 5.69 Å². The summed E-state index contributed by atoms with van der Waals surface area (Å²) in [5.41, 5.74) is 2.43. The highest BCUT2D eigenvalue weighted by Gasteiger charge is 2.22. The summed E-state index contributed by atoms with van der Waals surface area (Å²) in [6, 6.07) is 7.05. The van der Waals surface area contributed by atoms with E-state index in [1.54, 1.807) is 5.38 Å². The third-order valence-electron chi connectivity index (χ3n) is 3.73. The van der Waals surface area contributed by atoms with Crippen molar-refractivity contribution in [2.75, 3.05) is 13.7 Å². The summed E-state index contributed by atoms with van der Waals surface area (Å²) in [6.45, 7) is 1.63. The van der Waals surface area contributed by atoms with Crippen LogP contribution in [0.5, 0.6) is 0 Å². The lowest BCUT2D eigenvalue weighted by Gasteiger charge is -2.12. The van der Waals surface area contributed by atoms with Crippen molar-refractivity contribution in [3.63, 3.8) is 0 Å². The molecule has 134 valence electrons. The van der Waals surface area contributed by atoms with Gasteiger partial charge in [-0.25, -0.2) is 9.78 Å². The van der Waals surface area contributed by atoms with Gasteiger partial charge in [-0.3, -0.25) is 4.79 Å². The molecule has 0 saturated carbocycles. The third-order valence-corrected chi connectivity index (χ3v) is 4.62. The van der Waals surface area contributed by atoms with Gasteiger partial charge in [0.1, 0.15) is 10.7 Å². The smallest absolute Gasteiger partial charge is 0.330 e. The van der Waals surface area contributed by atoms with Crippen LogP contribution in [0.2, 0.25) is 0 Å². The molecule has 0 aliphatic heterocycles. The summed E-state index contributed by atoms with van der Waals surface area (Å²) in [5, 5.41) is 13.9. The Morgan fingerprint density at radius 2 is 2.04 bits per heavy atom. The molecule has 6 nitrogen and oxygen atoms in total. The summed E-state index contributed by atoms with van der Waals surface area (Å²) in [6.07, 6.45) is 3.37. The highest BCUT2D eigenvalue weighted by atomic mass is 32.1. The molecule has 2 aromatic rings. The average molecular weight is 362 g/mol. The number of ether oxygens (including phenoxy) is 1. The first-order chi connectivity index (χ1) is 12.1. The number of carbonyl (C=O) groups is 2. The van der Waals surface area contributed by atoms with E-state index in [9.17, 15) is 9.59 Å². The minimum Gasteiger partial charge on any atom is -0.467 e. The van der Waals surface area contributed by atoms with E-state index in [0.29, 0.717) is 0 Å². The zero-order valence-corrected chi connectivity index (χ0v) is 15.1. The second-order valence-electron chi connectivity index (χ2n) is 5.57. The number of carbonyl (C=O) groups excluding carboxylic acids is 2. The number of hydrogen-bond acceptors (Lipinski definition) is 6. The SMILES string of the molecule is CCCCc1ccc(-c2nc(C(=O)N[C@@H](CO)C(=O)OC)cs2)cc1. The van der Waals surface area contributed by atoms with Crippen LogP contribution < -0.4 is 5.32 Å². The molecule has 1 aromatic carbocycles. The van der Waals surface area contributed by atoms with Gasteiger partial charge in [-0.2, -0.15) is 0 Å². The topological polar surface area (TPSA) is 88.5 Å². The number of aliphatic hydroxyl groups is 1. The summed E-state index contributed by atoms with van der Waals surface area (Å²) >= 11 is 1.35. The molecule has 25 heavy (non-hydrogen) atoms. The molecule has 0 unspecified atom stereocenters. The van der Waals surface area contributed by atoms with Gasteiger partial charge in [0.05, 0.1) is 13.7 Å². The van der Waals surface area contributed by atoms with Gasteiger partial charge < -0.3 is 15.2 Å². The van der Waals surface area contributed by atoms with Gasteiger partial charge in [-0.15, -0.1) is 11.3 Å². The molecule has 0 saturated heterocycles. The lowest BCUT2D eigenvalue weighted by atomic mass is 10.1. The largest absolute Gasteiger partial charge is 0.467 e. The molecule has 1 aromatic heterocycles. The van der Waals surface area contributed by atoms with Crippen molar-refractivity contribution in [1.82, 2.24) is 10.3 Å². The van der Waals surface area contributed by atoms with Crippen molar-refractivity contribution >= 4 is 23.2 Å². The van der Waals surface area contributed by atoms with Gasteiger partial charge in [0.25, 0.3) is 5.91 Å². The summed E-state index contributed by atoms with van der Waals surface area (Å²) < 4.78 is 4.52. The highest BCUT2D eigenvalue weighted by molar-refractivity contribution is 7.13. The Morgan fingerprint density at radius 1 is 1.32 bits per heavy atom. The van der Waals surface area contributed by atoms with Gasteiger partial charge in [0.2, 0.25) is 0 Å². The van der Waals surface area contributed by atoms with Crippen LogP contribution in [0.4, 0.5) is 0 Å². The molecule has 0 spiro atoms. The molecule has 1 heterocycles. The molecular formula is C18H22N2O4S. The lowest BCUT2D eigenvalue weighted by molar-refractivity contribution is -0.143. The van der Waals surface area contributed by atoms with Crippen molar-refractivity contribution in [3.05, 3.63) is 40.9 Å². The maximum absolute atomic E-state index is 12.2. The molecule has 0 aliphatic rings. The molecule has 2 N–H and O–H groups in total. The summed E-state index contributed by atoms with van der Waals surface area (Å²) in [5.74, 6) is -1.22. The molecule has 2 rings (SSSR count). The highest BCUT2D eigenvalue weighted by Crippen LogP contribution is 2.24. The number of rotatable bonds is 8. The normalized spacial score (nSPS) is 11.8. The number of esters is 1. The number of methoxy groups -OCH3 is 1. The fraction of sp³-hybridized carbons (Fsp3) is 0.389. The number of nitrogens with zero attached hydrogens (tertiary/aromatic N) is 1. The van der Waals surface area contributed by atoms with E-state index in [1.165, 1.54) is 24.0 Å². The van der Waals surface area contributed by atoms with E-state index in [2.05, 4.69) is 34.1 Å². The molecular weight excluding hydrogens is 340 g/mol. The number of hydrogen-bond donors (Lipinski definition) is 2. The molecule has 1 amide bonds. The van der Waals surface area contributed by atoms with Gasteiger partial charge in [-0.05, 0) is 18.4 Å². The molecule has 0 bridgehead atoms. The fourth-order valence-electron chi connectivity index (χ4n) is 2.26. The number of aliphatic hydroxyl groups excluding tert-OH is 1. The van der Waals surface area contributed by atoms with Crippen LogP contribution in [0.15, 0.2) is 29.6 Å². The number of aromatic nitrogens is 1. The maximum Gasteiger partial charge on any atom is 0.330 e. The van der Waals surface area contributed by atoms with Crippen LogP contribution in [0.3, 0.4) is 0 Å². The van der Waals surface area contributed by atoms with Crippen molar-refractivity contribution in [2.24, 2.45) is 0 Å². The zero-order valence-electron chi connectivity index (χ0n) is 14.3. The minimum absolute atomic E-state index is 0.206. The Kier molecular flexibility index (Phi) is 7.09. The number of aryl methyl sites for hydroxylation is 1. The zero-order chi connectivity index (χ0) is 18.2. The van der Waals surface area contributed by atoms with Crippen molar-refractivity contribution in [1.29, 1.82) is 0 Å². The Morgan fingerprint density at radius 3 is 2.64 bits per heavy atom. The Balaban J connectivity index is 2.06. The predicted molar refractivity (Wildman–Crippen MR) is 96.5 cm³/mol. The first-order valence-electron chi connectivity index (χ1n) is 8.13. The lowest BCUT2D eigenvalue weighted by Crippen LogP contribution is -2.44. The molecule has 1 atom stereocenters. The van der Waals surface area contributed by atoms with E-state index in [4.69, 9.17) is 5.11 Å². The number of benzene rings is 1. The van der Waals surface area contributed by atoms with Crippen molar-refractivity contribution < 1.29 is 19.4 Å². The van der Waals surface area contributed by atoms with Crippen LogP contribution in [0, 0.1) is 0 Å². The molecule has 7 heteroatoms. The second kappa shape index (κ2) is 9.29. The fourth-order valence-corrected chi connectivity index (χ4v) is 3.07. The second-order valence-corrected chi connectivity index (χ2v) is 6.43. The van der Waals surface area contributed by atoms with Crippen LogP contribution in [-0.2, 0) is 16.0 Å². The summed E-state index contributed by atoms with van der Waals surface area (Å²) in [7, 11) is 1.20. The van der Waals surface area contributed by atoms with Crippen molar-refractivity contribution in [3.8, 4) is 10.6 Å². The Labute approximate surface area is 150 Å². The minimum atomic E-state index is -1.10. The average Bonchev–Trinajstić information content (AvgIpc) is 3.14. The number of thiazole rings is 1. The number of unbranched alkanes of at least 4 members (excludes halogenated alkanes) is 1. The van der Waals surface area contributed by atoms with Crippen LogP contribution >= 0.6 is 11.3 Å². The van der Waals surface area contributed by atoms with E-state index >= 15 is 0 Å². The molecule has 0 fully saturated rings. The molecule has 0 radical (unpaired) electrons. The van der Waals surface area contributed by atoms with Gasteiger partial charge in [0, 0.05) is 10.9 Å². The molecule has 0 aliphatic carbocycles. The van der Waals surface area contributed by atoms with Gasteiger partial charge in [0.15, 0.2) is 6.04 Å². The van der Waals surface area contributed by atoms with Gasteiger partial charge >= 0.3 is 5.97 Å². The van der Waals surface area contributed by atoms with Gasteiger partial charge in [-0.1, -0.05) is 37.6 Å².